The zero-order valence-corrected chi connectivity index (χ0v) is 11.7. The number of nitrogens with zero attached hydrogens (tertiary/aromatic N) is 2. The Morgan fingerprint density at radius 2 is 1.78 bits per heavy atom. The number of nitrogens with two attached hydrogens (primary N) is 1. The van der Waals surface area contributed by atoms with E-state index in [1.54, 1.807) is 0 Å². The summed E-state index contributed by atoms with van der Waals surface area (Å²) in [6.45, 7) is 9.09. The van der Waals surface area contributed by atoms with E-state index in [4.69, 9.17) is 5.73 Å². The lowest BCUT2D eigenvalue weighted by Gasteiger charge is -2.41. The first kappa shape index (κ1) is 13.5. The van der Waals surface area contributed by atoms with Crippen LogP contribution in [0.2, 0.25) is 0 Å². The van der Waals surface area contributed by atoms with Gasteiger partial charge >= 0.3 is 0 Å². The van der Waals surface area contributed by atoms with E-state index in [2.05, 4.69) is 42.8 Å². The van der Waals surface area contributed by atoms with Gasteiger partial charge in [0.15, 0.2) is 0 Å². The van der Waals surface area contributed by atoms with Crippen molar-refractivity contribution in [1.82, 2.24) is 9.88 Å². The highest BCUT2D eigenvalue weighted by Gasteiger charge is 2.30. The molecule has 0 amide bonds. The van der Waals surface area contributed by atoms with Gasteiger partial charge in [-0.25, -0.2) is 0 Å². The van der Waals surface area contributed by atoms with E-state index >= 15 is 0 Å². The maximum Gasteiger partial charge on any atom is 0.0497 e. The van der Waals surface area contributed by atoms with Gasteiger partial charge in [0.1, 0.15) is 0 Å². The van der Waals surface area contributed by atoms with Crippen molar-refractivity contribution in [2.24, 2.45) is 17.6 Å². The minimum absolute atomic E-state index is 0.143. The van der Waals surface area contributed by atoms with Crippen molar-refractivity contribution in [3.05, 3.63) is 30.1 Å². The highest BCUT2D eigenvalue weighted by Crippen LogP contribution is 2.30. The first-order chi connectivity index (χ1) is 8.58. The molecule has 100 valence electrons. The summed E-state index contributed by atoms with van der Waals surface area (Å²) < 4.78 is 0. The standard InChI is InChI=1S/C15H25N3/c1-11-8-12(2)10-18(9-11)15(13(3)16)14-4-6-17-7-5-14/h4-7,11-13,15H,8-10,16H2,1-3H3. The molecule has 1 aromatic rings. The zero-order valence-electron chi connectivity index (χ0n) is 11.7. The molecule has 4 atom stereocenters. The number of pyridine rings is 1. The van der Waals surface area contributed by atoms with Crippen LogP contribution in [-0.2, 0) is 0 Å². The summed E-state index contributed by atoms with van der Waals surface area (Å²) in [6, 6.07) is 4.65. The molecule has 1 fully saturated rings. The van der Waals surface area contributed by atoms with Gasteiger partial charge in [0.2, 0.25) is 0 Å². The molecule has 1 aliphatic heterocycles. The molecular formula is C15H25N3. The molecule has 2 N–H and O–H groups in total. The Morgan fingerprint density at radius 1 is 1.22 bits per heavy atom. The van der Waals surface area contributed by atoms with Crippen LogP contribution in [0.1, 0.15) is 38.8 Å². The van der Waals surface area contributed by atoms with Crippen molar-refractivity contribution in [3.63, 3.8) is 0 Å². The average Bonchev–Trinajstić information content (AvgIpc) is 2.28. The molecule has 0 radical (unpaired) electrons. The molecule has 2 rings (SSSR count). The summed E-state index contributed by atoms with van der Waals surface area (Å²) in [5, 5.41) is 0. The molecule has 0 aliphatic carbocycles. The number of likely N-dealkylation sites (tertiary alicyclic amines) is 1. The molecule has 0 bridgehead atoms. The maximum atomic E-state index is 6.23. The molecule has 2 heterocycles. The number of piperidine rings is 1. The summed E-state index contributed by atoms with van der Waals surface area (Å²) in [5.41, 5.74) is 7.52. The van der Waals surface area contributed by atoms with Gasteiger partial charge in [0, 0.05) is 37.6 Å². The van der Waals surface area contributed by atoms with Crippen LogP contribution >= 0.6 is 0 Å². The minimum atomic E-state index is 0.143. The van der Waals surface area contributed by atoms with Gasteiger partial charge in [-0.1, -0.05) is 13.8 Å². The van der Waals surface area contributed by atoms with Gasteiger partial charge in [-0.3, -0.25) is 9.88 Å². The third-order valence-corrected chi connectivity index (χ3v) is 3.84. The lowest BCUT2D eigenvalue weighted by molar-refractivity contribution is 0.0846. The molecular weight excluding hydrogens is 222 g/mol. The van der Waals surface area contributed by atoms with Crippen LogP contribution < -0.4 is 5.73 Å². The largest absolute Gasteiger partial charge is 0.326 e. The maximum absolute atomic E-state index is 6.23. The Balaban J connectivity index is 2.20. The predicted molar refractivity (Wildman–Crippen MR) is 75.1 cm³/mol. The molecule has 0 spiro atoms. The van der Waals surface area contributed by atoms with Crippen molar-refractivity contribution >= 4 is 0 Å². The molecule has 1 aromatic heterocycles. The molecule has 0 saturated carbocycles. The van der Waals surface area contributed by atoms with Gasteiger partial charge in [0.05, 0.1) is 0 Å². The minimum Gasteiger partial charge on any atom is -0.326 e. The average molecular weight is 247 g/mol. The summed E-state index contributed by atoms with van der Waals surface area (Å²) >= 11 is 0. The van der Waals surface area contributed by atoms with Crippen LogP contribution in [-0.4, -0.2) is 29.0 Å². The van der Waals surface area contributed by atoms with E-state index in [1.165, 1.54) is 12.0 Å². The fourth-order valence-electron chi connectivity index (χ4n) is 3.35. The lowest BCUT2D eigenvalue weighted by Crippen LogP contribution is -2.46. The normalized spacial score (nSPS) is 28.9. The monoisotopic (exact) mass is 247 g/mol. The smallest absolute Gasteiger partial charge is 0.0497 e. The van der Waals surface area contributed by atoms with Crippen LogP contribution in [0.15, 0.2) is 24.5 Å². The zero-order chi connectivity index (χ0) is 13.1. The van der Waals surface area contributed by atoms with Crippen LogP contribution in [0.3, 0.4) is 0 Å². The van der Waals surface area contributed by atoms with E-state index in [0.717, 1.165) is 24.9 Å². The summed E-state index contributed by atoms with van der Waals surface area (Å²) in [5.74, 6) is 1.52. The van der Waals surface area contributed by atoms with Crippen LogP contribution in [0.4, 0.5) is 0 Å². The Morgan fingerprint density at radius 3 is 2.28 bits per heavy atom. The molecule has 3 heteroatoms. The molecule has 4 unspecified atom stereocenters. The van der Waals surface area contributed by atoms with Gasteiger partial charge in [-0.2, -0.15) is 0 Å². The van der Waals surface area contributed by atoms with Gasteiger partial charge in [-0.05, 0) is 42.9 Å². The number of hydrogen-bond acceptors (Lipinski definition) is 3. The van der Waals surface area contributed by atoms with E-state index in [-0.39, 0.29) is 6.04 Å². The van der Waals surface area contributed by atoms with Crippen molar-refractivity contribution in [3.8, 4) is 0 Å². The number of hydrogen-bond donors (Lipinski definition) is 1. The molecule has 0 aromatic carbocycles. The fraction of sp³-hybridized carbons (Fsp3) is 0.667. The highest BCUT2D eigenvalue weighted by molar-refractivity contribution is 5.17. The Hall–Kier alpha value is -0.930. The molecule has 1 saturated heterocycles. The van der Waals surface area contributed by atoms with Gasteiger partial charge in [0.25, 0.3) is 0 Å². The summed E-state index contributed by atoms with van der Waals surface area (Å²) in [4.78, 5) is 6.66. The van der Waals surface area contributed by atoms with Gasteiger partial charge < -0.3 is 5.73 Å². The second-order valence-electron chi connectivity index (χ2n) is 5.98. The fourth-order valence-corrected chi connectivity index (χ4v) is 3.35. The van der Waals surface area contributed by atoms with Crippen molar-refractivity contribution in [1.29, 1.82) is 0 Å². The van der Waals surface area contributed by atoms with Crippen LogP contribution in [0.25, 0.3) is 0 Å². The predicted octanol–water partition coefficient (Wildman–Crippen LogP) is 2.45. The second-order valence-corrected chi connectivity index (χ2v) is 5.98. The van der Waals surface area contributed by atoms with Gasteiger partial charge in [-0.15, -0.1) is 0 Å². The topological polar surface area (TPSA) is 42.2 Å². The third-order valence-electron chi connectivity index (χ3n) is 3.84. The van der Waals surface area contributed by atoms with Crippen molar-refractivity contribution in [2.75, 3.05) is 13.1 Å². The molecule has 1 aliphatic rings. The van der Waals surface area contributed by atoms with Crippen LogP contribution in [0.5, 0.6) is 0 Å². The number of rotatable bonds is 3. The number of aromatic nitrogens is 1. The van der Waals surface area contributed by atoms with E-state index in [9.17, 15) is 0 Å². The Labute approximate surface area is 110 Å². The lowest BCUT2D eigenvalue weighted by atomic mass is 9.88. The Kier molecular flexibility index (Phi) is 4.36. The first-order valence-electron chi connectivity index (χ1n) is 6.97. The SMILES string of the molecule is CC1CC(C)CN(C(c2ccncc2)C(C)N)C1. The molecule has 18 heavy (non-hydrogen) atoms. The van der Waals surface area contributed by atoms with Crippen molar-refractivity contribution in [2.45, 2.75) is 39.3 Å². The highest BCUT2D eigenvalue weighted by atomic mass is 15.2. The van der Waals surface area contributed by atoms with E-state index < -0.39 is 0 Å². The third kappa shape index (κ3) is 3.09. The van der Waals surface area contributed by atoms with Crippen LogP contribution in [0, 0.1) is 11.8 Å². The quantitative estimate of drug-likeness (QED) is 0.892. The summed E-state index contributed by atoms with van der Waals surface area (Å²) in [6.07, 6.45) is 5.06. The van der Waals surface area contributed by atoms with Crippen molar-refractivity contribution < 1.29 is 0 Å². The molecule has 3 nitrogen and oxygen atoms in total. The first-order valence-corrected chi connectivity index (χ1v) is 6.97. The van der Waals surface area contributed by atoms with E-state index in [1.807, 2.05) is 12.4 Å². The summed E-state index contributed by atoms with van der Waals surface area (Å²) in [7, 11) is 0. The van der Waals surface area contributed by atoms with E-state index in [0.29, 0.717) is 6.04 Å². The Bertz CT molecular complexity index is 353. The second kappa shape index (κ2) is 5.81.